The molecule has 5 atom stereocenters. The molecule has 0 radical (unpaired) electrons. The molecule has 5 unspecified atom stereocenters. The van der Waals surface area contributed by atoms with Crippen LogP contribution in [0.2, 0.25) is 0 Å². The second-order valence-electron chi connectivity index (χ2n) is 2.79. The van der Waals surface area contributed by atoms with Gasteiger partial charge in [0.05, 0.1) is 6.10 Å². The Balaban J connectivity index is 2.65. The highest BCUT2D eigenvalue weighted by molar-refractivity contribution is 4.89. The molecule has 1 fully saturated rings. The van der Waals surface area contributed by atoms with E-state index in [0.29, 0.717) is 0 Å². The molecule has 6 nitrogen and oxygen atoms in total. The molecular formula is C6H12O6. The smallest absolute Gasteiger partial charge is 0.184 e. The maximum absolute atomic E-state index is 9.11. The molecule has 1 rings (SSSR count). The first kappa shape index (κ1) is 9.85. The summed E-state index contributed by atoms with van der Waals surface area (Å²) < 4.78 is 4.71. The van der Waals surface area contributed by atoms with Gasteiger partial charge in [-0.15, -0.1) is 0 Å². The van der Waals surface area contributed by atoms with Crippen molar-refractivity contribution < 1.29 is 30.2 Å². The summed E-state index contributed by atoms with van der Waals surface area (Å²) in [4.78, 5) is 3.87. The molecule has 0 bridgehead atoms. The number of hydrogen-bond donors (Lipinski definition) is 4. The summed E-state index contributed by atoms with van der Waals surface area (Å²) in [5, 5.41) is 35.4. The quantitative estimate of drug-likeness (QED) is 0.299. The van der Waals surface area contributed by atoms with E-state index in [1.807, 2.05) is 0 Å². The van der Waals surface area contributed by atoms with E-state index in [-0.39, 0.29) is 0 Å². The third kappa shape index (κ3) is 1.58. The molecule has 1 aliphatic heterocycles. The first-order valence-corrected chi connectivity index (χ1v) is 3.57. The number of rotatable bonds is 2. The van der Waals surface area contributed by atoms with Gasteiger partial charge in [0, 0.05) is 0 Å². The van der Waals surface area contributed by atoms with Crippen molar-refractivity contribution in [3.63, 3.8) is 0 Å². The Morgan fingerprint density at radius 1 is 1.42 bits per heavy atom. The summed E-state index contributed by atoms with van der Waals surface area (Å²) in [5.41, 5.74) is 0. The van der Waals surface area contributed by atoms with Crippen molar-refractivity contribution in [3.8, 4) is 0 Å². The highest BCUT2D eigenvalue weighted by atomic mass is 17.1. The Bertz CT molecular complexity index is 149. The summed E-state index contributed by atoms with van der Waals surface area (Å²) >= 11 is 0. The van der Waals surface area contributed by atoms with Crippen molar-refractivity contribution in [2.45, 2.75) is 37.6 Å². The van der Waals surface area contributed by atoms with Crippen LogP contribution >= 0.6 is 0 Å². The molecule has 0 aromatic rings. The van der Waals surface area contributed by atoms with Crippen molar-refractivity contribution >= 4 is 0 Å². The number of aliphatic hydroxyl groups is 3. The minimum atomic E-state index is -1.43. The van der Waals surface area contributed by atoms with Crippen LogP contribution in [0.5, 0.6) is 0 Å². The van der Waals surface area contributed by atoms with Gasteiger partial charge in [-0.2, -0.15) is 0 Å². The van der Waals surface area contributed by atoms with E-state index in [9.17, 15) is 0 Å². The zero-order valence-electron chi connectivity index (χ0n) is 6.49. The fourth-order valence-corrected chi connectivity index (χ4v) is 1.19. The molecule has 1 heterocycles. The summed E-state index contributed by atoms with van der Waals surface area (Å²) in [6, 6.07) is 0. The summed E-state index contributed by atoms with van der Waals surface area (Å²) in [6.45, 7) is 1.40. The molecule has 0 spiro atoms. The van der Waals surface area contributed by atoms with Gasteiger partial charge in [-0.25, -0.2) is 4.89 Å². The molecule has 1 aliphatic rings. The van der Waals surface area contributed by atoms with Crippen LogP contribution in [-0.2, 0) is 9.62 Å². The number of hydrogen-bond acceptors (Lipinski definition) is 6. The van der Waals surface area contributed by atoms with E-state index in [2.05, 4.69) is 4.89 Å². The van der Waals surface area contributed by atoms with Crippen LogP contribution in [0.15, 0.2) is 0 Å². The van der Waals surface area contributed by atoms with Gasteiger partial charge in [0.15, 0.2) is 12.4 Å². The van der Waals surface area contributed by atoms with Gasteiger partial charge in [0.1, 0.15) is 12.2 Å². The van der Waals surface area contributed by atoms with E-state index in [4.69, 9.17) is 25.3 Å². The zero-order valence-corrected chi connectivity index (χ0v) is 6.49. The largest absolute Gasteiger partial charge is 0.391 e. The van der Waals surface area contributed by atoms with Gasteiger partial charge < -0.3 is 20.1 Å². The van der Waals surface area contributed by atoms with Crippen molar-refractivity contribution in [2.24, 2.45) is 0 Å². The Morgan fingerprint density at radius 3 is 2.33 bits per heavy atom. The van der Waals surface area contributed by atoms with Crippen LogP contribution in [0.4, 0.5) is 0 Å². The van der Waals surface area contributed by atoms with Crippen LogP contribution < -0.4 is 0 Å². The zero-order chi connectivity index (χ0) is 9.30. The average Bonchev–Trinajstić information content (AvgIpc) is 2.29. The fraction of sp³-hybridized carbons (Fsp3) is 1.00. The van der Waals surface area contributed by atoms with E-state index >= 15 is 0 Å². The fourth-order valence-electron chi connectivity index (χ4n) is 1.19. The van der Waals surface area contributed by atoms with Gasteiger partial charge in [0.2, 0.25) is 0 Å². The monoisotopic (exact) mass is 180 g/mol. The lowest BCUT2D eigenvalue weighted by atomic mass is 10.1. The summed E-state index contributed by atoms with van der Waals surface area (Å²) in [5.74, 6) is 0. The van der Waals surface area contributed by atoms with Crippen molar-refractivity contribution in [2.75, 3.05) is 0 Å². The van der Waals surface area contributed by atoms with Crippen LogP contribution in [0.25, 0.3) is 0 Å². The lowest BCUT2D eigenvalue weighted by Crippen LogP contribution is -2.39. The summed E-state index contributed by atoms with van der Waals surface area (Å²) in [7, 11) is 0. The second kappa shape index (κ2) is 3.65. The van der Waals surface area contributed by atoms with Crippen LogP contribution in [0.1, 0.15) is 6.92 Å². The van der Waals surface area contributed by atoms with Gasteiger partial charge >= 0.3 is 0 Å². The molecular weight excluding hydrogens is 168 g/mol. The highest BCUT2D eigenvalue weighted by Crippen LogP contribution is 2.24. The van der Waals surface area contributed by atoms with Gasteiger partial charge in [-0.3, -0.25) is 5.26 Å². The first-order valence-electron chi connectivity index (χ1n) is 3.57. The molecule has 0 aromatic carbocycles. The standard InChI is InChI=1S/C6H12O6/c1-2(7)4-5(12-10)3(8)6(9)11-4/h2-10H,1H3. The van der Waals surface area contributed by atoms with Gasteiger partial charge in [-0.05, 0) is 6.92 Å². The molecule has 0 saturated carbocycles. The van der Waals surface area contributed by atoms with Crippen molar-refractivity contribution in [3.05, 3.63) is 0 Å². The Morgan fingerprint density at radius 2 is 2.00 bits per heavy atom. The van der Waals surface area contributed by atoms with Gasteiger partial charge in [-0.1, -0.05) is 0 Å². The molecule has 0 amide bonds. The molecule has 1 saturated heterocycles. The highest BCUT2D eigenvalue weighted by Gasteiger charge is 2.46. The first-order chi connectivity index (χ1) is 5.57. The topological polar surface area (TPSA) is 99.4 Å². The van der Waals surface area contributed by atoms with E-state index in [1.54, 1.807) is 0 Å². The Kier molecular flexibility index (Phi) is 2.99. The SMILES string of the molecule is CC(O)C1OC(O)C(O)C1OO. The number of ether oxygens (including phenoxy) is 1. The minimum Gasteiger partial charge on any atom is -0.391 e. The minimum absolute atomic E-state index is 0.917. The van der Waals surface area contributed by atoms with E-state index < -0.39 is 30.7 Å². The second-order valence-corrected chi connectivity index (χ2v) is 2.79. The van der Waals surface area contributed by atoms with Gasteiger partial charge in [0.25, 0.3) is 0 Å². The van der Waals surface area contributed by atoms with E-state index in [0.717, 1.165) is 0 Å². The third-order valence-corrected chi connectivity index (χ3v) is 1.85. The molecule has 0 aliphatic carbocycles. The van der Waals surface area contributed by atoms with Crippen LogP contribution in [0, 0.1) is 0 Å². The molecule has 0 aromatic heterocycles. The third-order valence-electron chi connectivity index (χ3n) is 1.85. The van der Waals surface area contributed by atoms with Crippen molar-refractivity contribution in [1.29, 1.82) is 0 Å². The molecule has 72 valence electrons. The lowest BCUT2D eigenvalue weighted by molar-refractivity contribution is -0.303. The lowest BCUT2D eigenvalue weighted by Gasteiger charge is -2.18. The Hall–Kier alpha value is -0.240. The summed E-state index contributed by atoms with van der Waals surface area (Å²) in [6.07, 6.45) is -5.73. The molecule has 12 heavy (non-hydrogen) atoms. The predicted molar refractivity (Wildman–Crippen MR) is 36.1 cm³/mol. The van der Waals surface area contributed by atoms with Crippen molar-refractivity contribution in [1.82, 2.24) is 0 Å². The van der Waals surface area contributed by atoms with Crippen LogP contribution in [0.3, 0.4) is 0 Å². The maximum Gasteiger partial charge on any atom is 0.184 e. The predicted octanol–water partition coefficient (Wildman–Crippen LogP) is -1.70. The normalized spacial score (nSPS) is 44.8. The Labute approximate surface area is 68.9 Å². The molecule has 4 N–H and O–H groups in total. The van der Waals surface area contributed by atoms with Crippen LogP contribution in [-0.4, -0.2) is 51.3 Å². The average molecular weight is 180 g/mol. The number of aliphatic hydroxyl groups excluding tert-OH is 3. The maximum atomic E-state index is 9.11. The molecule has 6 heteroatoms. The van der Waals surface area contributed by atoms with E-state index in [1.165, 1.54) is 6.92 Å².